The minimum atomic E-state index is -0.208. The molecule has 0 aliphatic heterocycles. The van der Waals surface area contributed by atoms with Crippen molar-refractivity contribution in [1.29, 1.82) is 0 Å². The van der Waals surface area contributed by atoms with Crippen molar-refractivity contribution in [3.8, 4) is 5.75 Å². The Morgan fingerprint density at radius 2 is 2.16 bits per heavy atom. The van der Waals surface area contributed by atoms with Crippen LogP contribution in [0.2, 0.25) is 0 Å². The zero-order valence-electron chi connectivity index (χ0n) is 11.5. The molecule has 0 unspecified atom stereocenters. The first-order valence-corrected chi connectivity index (χ1v) is 6.49. The van der Waals surface area contributed by atoms with Gasteiger partial charge in [0.2, 0.25) is 0 Å². The molecule has 1 aromatic rings. The Kier molecular flexibility index (Phi) is 6.15. The number of carbonyl (C=O) groups is 1. The number of carbonyl (C=O) groups excluding carboxylic acids is 1. The minimum Gasteiger partial charge on any atom is -0.506 e. The fraction of sp³-hybridized carbons (Fsp3) is 0.500. The molecule has 0 saturated heterocycles. The van der Waals surface area contributed by atoms with E-state index in [1.807, 2.05) is 13.8 Å². The number of nitrogen functional groups attached to an aromatic ring is 1. The predicted molar refractivity (Wildman–Crippen MR) is 75.2 cm³/mol. The summed E-state index contributed by atoms with van der Waals surface area (Å²) < 4.78 is 5.40. The molecule has 0 heterocycles. The van der Waals surface area contributed by atoms with Gasteiger partial charge in [0.1, 0.15) is 5.75 Å². The van der Waals surface area contributed by atoms with Crippen molar-refractivity contribution in [3.63, 3.8) is 0 Å². The van der Waals surface area contributed by atoms with Gasteiger partial charge in [-0.1, -0.05) is 0 Å². The summed E-state index contributed by atoms with van der Waals surface area (Å²) in [5, 5.41) is 12.2. The lowest BCUT2D eigenvalue weighted by atomic mass is 10.1. The van der Waals surface area contributed by atoms with Gasteiger partial charge >= 0.3 is 0 Å². The standard InChI is InChI=1S/C14H22N2O3/c1-10(2)19-8-4-3-7-16-14(18)11-5-6-12(15)13(17)9-11/h5-6,9-10,17H,3-4,7-8,15H2,1-2H3,(H,16,18). The topological polar surface area (TPSA) is 84.6 Å². The SMILES string of the molecule is CC(C)OCCCCNC(=O)c1ccc(N)c(O)c1. The zero-order chi connectivity index (χ0) is 14.3. The molecule has 0 bridgehead atoms. The Morgan fingerprint density at radius 1 is 1.42 bits per heavy atom. The van der Waals surface area contributed by atoms with E-state index in [9.17, 15) is 9.90 Å². The summed E-state index contributed by atoms with van der Waals surface area (Å²) in [5.74, 6) is -0.280. The molecule has 19 heavy (non-hydrogen) atoms. The van der Waals surface area contributed by atoms with Gasteiger partial charge in [0.25, 0.3) is 5.91 Å². The molecule has 0 fully saturated rings. The largest absolute Gasteiger partial charge is 0.506 e. The highest BCUT2D eigenvalue weighted by Crippen LogP contribution is 2.20. The number of ether oxygens (including phenoxy) is 1. The number of amides is 1. The molecule has 0 aliphatic rings. The molecule has 0 atom stereocenters. The van der Waals surface area contributed by atoms with Crippen molar-refractivity contribution in [1.82, 2.24) is 5.32 Å². The van der Waals surface area contributed by atoms with Crippen molar-refractivity contribution < 1.29 is 14.6 Å². The fourth-order valence-corrected chi connectivity index (χ4v) is 1.53. The molecule has 0 spiro atoms. The molecule has 4 N–H and O–H groups in total. The van der Waals surface area contributed by atoms with Crippen molar-refractivity contribution in [2.45, 2.75) is 32.8 Å². The van der Waals surface area contributed by atoms with E-state index in [1.165, 1.54) is 12.1 Å². The normalized spacial score (nSPS) is 10.7. The van der Waals surface area contributed by atoms with Gasteiger partial charge in [0, 0.05) is 18.7 Å². The van der Waals surface area contributed by atoms with Crippen LogP contribution in [0.25, 0.3) is 0 Å². The van der Waals surface area contributed by atoms with Gasteiger partial charge in [-0.2, -0.15) is 0 Å². The summed E-state index contributed by atoms with van der Waals surface area (Å²) in [4.78, 5) is 11.8. The number of rotatable bonds is 7. The molecule has 0 radical (unpaired) electrons. The lowest BCUT2D eigenvalue weighted by molar-refractivity contribution is 0.0754. The minimum absolute atomic E-state index is 0.0713. The van der Waals surface area contributed by atoms with Crippen LogP contribution in [-0.4, -0.2) is 30.3 Å². The Labute approximate surface area is 113 Å². The van der Waals surface area contributed by atoms with Crippen molar-refractivity contribution >= 4 is 11.6 Å². The van der Waals surface area contributed by atoms with Gasteiger partial charge in [-0.3, -0.25) is 4.79 Å². The van der Waals surface area contributed by atoms with Crippen LogP contribution in [0.5, 0.6) is 5.75 Å². The molecule has 0 aromatic heterocycles. The summed E-state index contributed by atoms with van der Waals surface area (Å²) in [6.07, 6.45) is 2.01. The summed E-state index contributed by atoms with van der Waals surface area (Å²) in [5.41, 5.74) is 6.15. The Balaban J connectivity index is 2.26. The number of nitrogens with two attached hydrogens (primary N) is 1. The van der Waals surface area contributed by atoms with Gasteiger partial charge in [-0.25, -0.2) is 0 Å². The maximum absolute atomic E-state index is 11.8. The van der Waals surface area contributed by atoms with E-state index < -0.39 is 0 Å². The van der Waals surface area contributed by atoms with Crippen molar-refractivity contribution in [2.24, 2.45) is 0 Å². The van der Waals surface area contributed by atoms with Gasteiger partial charge in [0.15, 0.2) is 0 Å². The fourth-order valence-electron chi connectivity index (χ4n) is 1.53. The smallest absolute Gasteiger partial charge is 0.251 e. The summed E-state index contributed by atoms with van der Waals surface area (Å²) >= 11 is 0. The second kappa shape index (κ2) is 7.63. The second-order valence-electron chi connectivity index (χ2n) is 4.66. The lowest BCUT2D eigenvalue weighted by Gasteiger charge is -2.08. The highest BCUT2D eigenvalue weighted by molar-refractivity contribution is 5.95. The van der Waals surface area contributed by atoms with Crippen LogP contribution in [0, 0.1) is 0 Å². The zero-order valence-corrected chi connectivity index (χ0v) is 11.5. The van der Waals surface area contributed by atoms with Crippen LogP contribution in [0.15, 0.2) is 18.2 Å². The molecule has 5 nitrogen and oxygen atoms in total. The third-order valence-corrected chi connectivity index (χ3v) is 2.60. The van der Waals surface area contributed by atoms with E-state index >= 15 is 0 Å². The number of hydrogen-bond donors (Lipinski definition) is 3. The molecule has 106 valence electrons. The number of aromatic hydroxyl groups is 1. The molecule has 5 heteroatoms. The Bertz CT molecular complexity index is 419. The quantitative estimate of drug-likeness (QED) is 0.400. The molecular weight excluding hydrogens is 244 g/mol. The number of unbranched alkanes of at least 4 members (excludes halogenated alkanes) is 1. The number of phenolic OH excluding ortho intramolecular Hbond substituents is 1. The van der Waals surface area contributed by atoms with E-state index in [0.717, 1.165) is 12.8 Å². The van der Waals surface area contributed by atoms with Crippen LogP contribution in [0.3, 0.4) is 0 Å². The third kappa shape index (κ3) is 5.61. The Hall–Kier alpha value is -1.75. The monoisotopic (exact) mass is 266 g/mol. The number of nitrogens with one attached hydrogen (secondary N) is 1. The second-order valence-corrected chi connectivity index (χ2v) is 4.66. The van der Waals surface area contributed by atoms with Gasteiger partial charge in [-0.15, -0.1) is 0 Å². The van der Waals surface area contributed by atoms with E-state index in [2.05, 4.69) is 5.32 Å². The van der Waals surface area contributed by atoms with Gasteiger partial charge in [-0.05, 0) is 44.9 Å². The summed E-state index contributed by atoms with van der Waals surface area (Å²) in [6, 6.07) is 4.47. The number of benzene rings is 1. The van der Waals surface area contributed by atoms with Gasteiger partial charge in [0.05, 0.1) is 11.8 Å². The lowest BCUT2D eigenvalue weighted by Crippen LogP contribution is -2.24. The number of hydrogen-bond acceptors (Lipinski definition) is 4. The highest BCUT2D eigenvalue weighted by atomic mass is 16.5. The first kappa shape index (κ1) is 15.3. The molecule has 0 aliphatic carbocycles. The molecule has 0 saturated carbocycles. The number of phenols is 1. The summed E-state index contributed by atoms with van der Waals surface area (Å²) in [6.45, 7) is 5.28. The Morgan fingerprint density at radius 3 is 2.79 bits per heavy atom. The predicted octanol–water partition coefficient (Wildman–Crippen LogP) is 1.91. The average Bonchev–Trinajstić information content (AvgIpc) is 2.36. The third-order valence-electron chi connectivity index (χ3n) is 2.60. The maximum Gasteiger partial charge on any atom is 0.251 e. The van der Waals surface area contributed by atoms with E-state index in [0.29, 0.717) is 18.7 Å². The van der Waals surface area contributed by atoms with Crippen molar-refractivity contribution in [2.75, 3.05) is 18.9 Å². The van der Waals surface area contributed by atoms with E-state index in [4.69, 9.17) is 10.5 Å². The van der Waals surface area contributed by atoms with E-state index in [1.54, 1.807) is 6.07 Å². The highest BCUT2D eigenvalue weighted by Gasteiger charge is 2.07. The van der Waals surface area contributed by atoms with Gasteiger partial charge < -0.3 is 20.9 Å². The maximum atomic E-state index is 11.8. The average molecular weight is 266 g/mol. The first-order valence-electron chi connectivity index (χ1n) is 6.49. The van der Waals surface area contributed by atoms with Crippen LogP contribution in [-0.2, 0) is 4.74 Å². The van der Waals surface area contributed by atoms with Crippen LogP contribution >= 0.6 is 0 Å². The van der Waals surface area contributed by atoms with E-state index in [-0.39, 0.29) is 23.4 Å². The molecule has 1 aromatic carbocycles. The molecule has 1 rings (SSSR count). The van der Waals surface area contributed by atoms with Crippen LogP contribution in [0.4, 0.5) is 5.69 Å². The molecular formula is C14H22N2O3. The van der Waals surface area contributed by atoms with Crippen LogP contribution < -0.4 is 11.1 Å². The number of anilines is 1. The van der Waals surface area contributed by atoms with Crippen molar-refractivity contribution in [3.05, 3.63) is 23.8 Å². The molecule has 1 amide bonds. The first-order chi connectivity index (χ1) is 9.00. The van der Waals surface area contributed by atoms with Crippen LogP contribution in [0.1, 0.15) is 37.0 Å². The summed E-state index contributed by atoms with van der Waals surface area (Å²) in [7, 11) is 0.